The van der Waals surface area contributed by atoms with Crippen molar-refractivity contribution < 1.29 is 9.90 Å². The van der Waals surface area contributed by atoms with E-state index in [0.717, 1.165) is 18.4 Å². The summed E-state index contributed by atoms with van der Waals surface area (Å²) in [5, 5.41) is 9.85. The Morgan fingerprint density at radius 3 is 3.00 bits per heavy atom. The van der Waals surface area contributed by atoms with Gasteiger partial charge in [-0.2, -0.15) is 0 Å². The van der Waals surface area contributed by atoms with E-state index in [1.165, 1.54) is 0 Å². The normalized spacial score (nSPS) is 46.2. The zero-order chi connectivity index (χ0) is 8.93. The third-order valence-corrected chi connectivity index (χ3v) is 3.52. The molecule has 1 N–H and O–H groups in total. The second-order valence-electron chi connectivity index (χ2n) is 4.26. The molecule has 66 valence electrons. The molecule has 2 rings (SSSR count). The molecule has 0 radical (unpaired) electrons. The van der Waals surface area contributed by atoms with Crippen LogP contribution in [0.4, 0.5) is 0 Å². The highest BCUT2D eigenvalue weighted by atomic mass is 16.3. The quantitative estimate of drug-likeness (QED) is 0.588. The van der Waals surface area contributed by atoms with Gasteiger partial charge in [0.05, 0.1) is 11.5 Å². The van der Waals surface area contributed by atoms with E-state index in [2.05, 4.69) is 0 Å². The van der Waals surface area contributed by atoms with Crippen LogP contribution in [0, 0.1) is 11.3 Å². The van der Waals surface area contributed by atoms with Crippen LogP contribution in [0.3, 0.4) is 0 Å². The maximum atomic E-state index is 11.6. The molecule has 3 atom stereocenters. The summed E-state index contributed by atoms with van der Waals surface area (Å²) in [5.41, 5.74) is 0.590. The molecule has 1 saturated carbocycles. The average Bonchev–Trinajstić information content (AvgIpc) is 2.23. The van der Waals surface area contributed by atoms with Crippen molar-refractivity contribution in [1.29, 1.82) is 0 Å². The van der Waals surface area contributed by atoms with Gasteiger partial charge in [0.1, 0.15) is 0 Å². The first kappa shape index (κ1) is 7.99. The van der Waals surface area contributed by atoms with Crippen LogP contribution in [-0.4, -0.2) is 17.0 Å². The fourth-order valence-electron chi connectivity index (χ4n) is 2.43. The molecule has 2 bridgehead atoms. The van der Waals surface area contributed by atoms with Crippen molar-refractivity contribution in [1.82, 2.24) is 0 Å². The van der Waals surface area contributed by atoms with Gasteiger partial charge in [-0.05, 0) is 32.8 Å². The molecule has 0 saturated heterocycles. The van der Waals surface area contributed by atoms with Gasteiger partial charge in [-0.1, -0.05) is 5.57 Å². The molecular weight excluding hydrogens is 152 g/mol. The Hall–Kier alpha value is -0.630. The van der Waals surface area contributed by atoms with Crippen LogP contribution >= 0.6 is 0 Å². The lowest BCUT2D eigenvalue weighted by molar-refractivity contribution is -0.129. The lowest BCUT2D eigenvalue weighted by Crippen LogP contribution is -2.40. The van der Waals surface area contributed by atoms with Crippen molar-refractivity contribution in [3.8, 4) is 0 Å². The van der Waals surface area contributed by atoms with E-state index in [4.69, 9.17) is 0 Å². The molecule has 0 aromatic heterocycles. The molecule has 0 aromatic rings. The Balaban J connectivity index is 2.48. The molecule has 3 unspecified atom stereocenters. The summed E-state index contributed by atoms with van der Waals surface area (Å²) in [6.07, 6.45) is 3.08. The second kappa shape index (κ2) is 2.19. The lowest BCUT2D eigenvalue weighted by Gasteiger charge is -2.31. The first-order valence-corrected chi connectivity index (χ1v) is 4.46. The van der Waals surface area contributed by atoms with Gasteiger partial charge in [0.15, 0.2) is 5.78 Å². The minimum atomic E-state index is -0.468. The van der Waals surface area contributed by atoms with E-state index in [1.807, 2.05) is 13.8 Å². The Bertz CT molecular complexity index is 267. The molecular formula is C10H14O2. The van der Waals surface area contributed by atoms with Gasteiger partial charge in [-0.25, -0.2) is 0 Å². The SMILES string of the molecule is CC1=CC(=O)C2(C)CCC1C2O. The van der Waals surface area contributed by atoms with Crippen molar-refractivity contribution >= 4 is 5.78 Å². The van der Waals surface area contributed by atoms with Gasteiger partial charge >= 0.3 is 0 Å². The summed E-state index contributed by atoms with van der Waals surface area (Å²) in [6, 6.07) is 0. The van der Waals surface area contributed by atoms with E-state index in [0.29, 0.717) is 0 Å². The number of carbonyl (C=O) groups is 1. The van der Waals surface area contributed by atoms with E-state index in [1.54, 1.807) is 6.08 Å². The molecule has 0 spiro atoms. The molecule has 0 amide bonds. The molecule has 2 heteroatoms. The summed E-state index contributed by atoms with van der Waals surface area (Å²) in [5.74, 6) is 0.356. The highest BCUT2D eigenvalue weighted by molar-refractivity contribution is 5.97. The summed E-state index contributed by atoms with van der Waals surface area (Å²) >= 11 is 0. The van der Waals surface area contributed by atoms with Crippen LogP contribution in [0.2, 0.25) is 0 Å². The zero-order valence-electron chi connectivity index (χ0n) is 7.50. The van der Waals surface area contributed by atoms with Crippen molar-refractivity contribution in [2.24, 2.45) is 11.3 Å². The predicted molar refractivity (Wildman–Crippen MR) is 45.6 cm³/mol. The standard InChI is InChI=1S/C10H14O2/c1-6-5-8(11)10(2)4-3-7(6)9(10)12/h5,7,9,12H,3-4H2,1-2H3. The maximum Gasteiger partial charge on any atom is 0.164 e. The van der Waals surface area contributed by atoms with Crippen LogP contribution in [0.15, 0.2) is 11.6 Å². The number of aliphatic hydroxyl groups is 1. The molecule has 12 heavy (non-hydrogen) atoms. The topological polar surface area (TPSA) is 37.3 Å². The van der Waals surface area contributed by atoms with Crippen LogP contribution < -0.4 is 0 Å². The van der Waals surface area contributed by atoms with E-state index in [9.17, 15) is 9.90 Å². The summed E-state index contributed by atoms with van der Waals surface area (Å²) in [6.45, 7) is 3.82. The van der Waals surface area contributed by atoms with Gasteiger partial charge in [0.2, 0.25) is 0 Å². The van der Waals surface area contributed by atoms with Crippen molar-refractivity contribution in [2.45, 2.75) is 32.8 Å². The Kier molecular flexibility index (Phi) is 1.46. The summed E-state index contributed by atoms with van der Waals surface area (Å²) in [4.78, 5) is 11.6. The van der Waals surface area contributed by atoms with Crippen molar-refractivity contribution in [2.75, 3.05) is 0 Å². The molecule has 0 aromatic carbocycles. The van der Waals surface area contributed by atoms with Gasteiger partial charge in [0, 0.05) is 5.92 Å². The maximum absolute atomic E-state index is 11.6. The first-order valence-electron chi connectivity index (χ1n) is 4.46. The molecule has 2 aliphatic carbocycles. The minimum absolute atomic E-state index is 0.112. The second-order valence-corrected chi connectivity index (χ2v) is 4.26. The third kappa shape index (κ3) is 0.761. The highest BCUT2D eigenvalue weighted by Gasteiger charge is 2.51. The van der Waals surface area contributed by atoms with E-state index in [-0.39, 0.29) is 11.7 Å². The largest absolute Gasteiger partial charge is 0.391 e. The summed E-state index contributed by atoms with van der Waals surface area (Å²) in [7, 11) is 0. The first-order chi connectivity index (χ1) is 5.55. The third-order valence-electron chi connectivity index (χ3n) is 3.52. The molecule has 2 nitrogen and oxygen atoms in total. The Morgan fingerprint density at radius 1 is 1.67 bits per heavy atom. The van der Waals surface area contributed by atoms with Gasteiger partial charge < -0.3 is 5.11 Å². The van der Waals surface area contributed by atoms with E-state index < -0.39 is 11.5 Å². The van der Waals surface area contributed by atoms with Crippen LogP contribution in [-0.2, 0) is 4.79 Å². The van der Waals surface area contributed by atoms with Crippen LogP contribution in [0.1, 0.15) is 26.7 Å². The van der Waals surface area contributed by atoms with Gasteiger partial charge in [-0.3, -0.25) is 4.79 Å². The van der Waals surface area contributed by atoms with Gasteiger partial charge in [-0.15, -0.1) is 0 Å². The number of rotatable bonds is 0. The van der Waals surface area contributed by atoms with Crippen LogP contribution in [0.25, 0.3) is 0 Å². The number of hydrogen-bond acceptors (Lipinski definition) is 2. The zero-order valence-corrected chi connectivity index (χ0v) is 7.50. The Labute approximate surface area is 72.3 Å². The number of ketones is 1. The van der Waals surface area contributed by atoms with Crippen molar-refractivity contribution in [3.63, 3.8) is 0 Å². The average molecular weight is 166 g/mol. The number of hydrogen-bond donors (Lipinski definition) is 1. The fraction of sp³-hybridized carbons (Fsp3) is 0.700. The molecule has 0 heterocycles. The number of fused-ring (bicyclic) bond motifs is 2. The summed E-state index contributed by atoms with van der Waals surface area (Å²) < 4.78 is 0. The van der Waals surface area contributed by atoms with Crippen LogP contribution in [0.5, 0.6) is 0 Å². The fourth-order valence-corrected chi connectivity index (χ4v) is 2.43. The minimum Gasteiger partial charge on any atom is -0.391 e. The smallest absolute Gasteiger partial charge is 0.164 e. The lowest BCUT2D eigenvalue weighted by atomic mass is 9.75. The number of carbonyl (C=O) groups excluding carboxylic acids is 1. The highest BCUT2D eigenvalue weighted by Crippen LogP contribution is 2.48. The molecule has 0 aliphatic heterocycles. The number of aliphatic hydroxyl groups excluding tert-OH is 1. The molecule has 1 fully saturated rings. The molecule has 2 aliphatic rings. The monoisotopic (exact) mass is 166 g/mol. The van der Waals surface area contributed by atoms with Crippen molar-refractivity contribution in [3.05, 3.63) is 11.6 Å². The van der Waals surface area contributed by atoms with Gasteiger partial charge in [0.25, 0.3) is 0 Å². The van der Waals surface area contributed by atoms with E-state index >= 15 is 0 Å². The number of allylic oxidation sites excluding steroid dienone is 1. The Morgan fingerprint density at radius 2 is 2.33 bits per heavy atom. The predicted octanol–water partition coefficient (Wildman–Crippen LogP) is 1.29.